The fraction of sp³-hybridized carbons (Fsp3) is 0.857. The van der Waals surface area contributed by atoms with E-state index < -0.39 is 6.17 Å². The van der Waals surface area contributed by atoms with Gasteiger partial charge >= 0.3 is 0 Å². The van der Waals surface area contributed by atoms with Crippen LogP contribution >= 0.6 is 0 Å². The number of alkyl halides is 1. The molecule has 0 heterocycles. The smallest absolute Gasteiger partial charge is 0.100 e. The highest BCUT2D eigenvalue weighted by Crippen LogP contribution is 2.36. The Labute approximate surface area is 95.0 Å². The molecule has 90 valence electrons. The van der Waals surface area contributed by atoms with Crippen LogP contribution in [0.4, 0.5) is 4.39 Å². The van der Waals surface area contributed by atoms with Gasteiger partial charge in [0.25, 0.3) is 0 Å². The molecular formula is C14H27F. The Balaban J connectivity index is 4.18. The van der Waals surface area contributed by atoms with Crippen molar-refractivity contribution in [1.29, 1.82) is 0 Å². The van der Waals surface area contributed by atoms with E-state index in [9.17, 15) is 4.39 Å². The summed E-state index contributed by atoms with van der Waals surface area (Å²) in [7, 11) is 0. The number of unbranched alkanes of at least 4 members (excludes halogenated alkanes) is 1. The number of halogens is 1. The van der Waals surface area contributed by atoms with E-state index in [0.717, 1.165) is 25.7 Å². The molecule has 0 bridgehead atoms. The molecule has 0 aliphatic heterocycles. The standard InChI is InChI=1S/C14H27F/c1-5-8-10-14(4,11-9-6-2)12-13(15)7-3/h5,13H,1,6-12H2,2-4H3/t13-,14-/m0/s1. The lowest BCUT2D eigenvalue weighted by molar-refractivity contribution is 0.162. The molecule has 2 atom stereocenters. The van der Waals surface area contributed by atoms with E-state index in [1.54, 1.807) is 0 Å². The molecule has 0 aliphatic carbocycles. The lowest BCUT2D eigenvalue weighted by atomic mass is 9.76. The average molecular weight is 214 g/mol. The first-order valence-corrected chi connectivity index (χ1v) is 6.33. The van der Waals surface area contributed by atoms with Gasteiger partial charge in [-0.05, 0) is 37.5 Å². The van der Waals surface area contributed by atoms with E-state index in [2.05, 4.69) is 20.4 Å². The summed E-state index contributed by atoms with van der Waals surface area (Å²) in [4.78, 5) is 0. The van der Waals surface area contributed by atoms with Crippen LogP contribution in [0.3, 0.4) is 0 Å². The van der Waals surface area contributed by atoms with Crippen molar-refractivity contribution < 1.29 is 4.39 Å². The van der Waals surface area contributed by atoms with Gasteiger partial charge in [-0.2, -0.15) is 0 Å². The Kier molecular flexibility index (Phi) is 7.72. The Hall–Kier alpha value is -0.330. The Morgan fingerprint density at radius 1 is 1.33 bits per heavy atom. The van der Waals surface area contributed by atoms with Gasteiger partial charge < -0.3 is 0 Å². The third-order valence-electron chi connectivity index (χ3n) is 3.24. The molecule has 0 aliphatic rings. The molecule has 0 saturated heterocycles. The molecule has 1 heteroatoms. The van der Waals surface area contributed by atoms with Crippen LogP contribution in [0.2, 0.25) is 0 Å². The summed E-state index contributed by atoms with van der Waals surface area (Å²) in [5.41, 5.74) is 0.180. The van der Waals surface area contributed by atoms with Crippen molar-refractivity contribution in [1.82, 2.24) is 0 Å². The first-order chi connectivity index (χ1) is 7.08. The van der Waals surface area contributed by atoms with Gasteiger partial charge in [0.2, 0.25) is 0 Å². The summed E-state index contributed by atoms with van der Waals surface area (Å²) in [6, 6.07) is 0. The monoisotopic (exact) mass is 214 g/mol. The zero-order valence-electron chi connectivity index (χ0n) is 10.7. The zero-order chi connectivity index (χ0) is 11.7. The van der Waals surface area contributed by atoms with Crippen molar-refractivity contribution in [2.75, 3.05) is 0 Å². The third-order valence-corrected chi connectivity index (χ3v) is 3.24. The second kappa shape index (κ2) is 7.90. The summed E-state index contributed by atoms with van der Waals surface area (Å²) < 4.78 is 13.5. The lowest BCUT2D eigenvalue weighted by Gasteiger charge is -2.30. The van der Waals surface area contributed by atoms with Crippen LogP contribution in [0.25, 0.3) is 0 Å². The van der Waals surface area contributed by atoms with E-state index in [1.165, 1.54) is 12.8 Å². The summed E-state index contributed by atoms with van der Waals surface area (Å²) in [5.74, 6) is 0. The van der Waals surface area contributed by atoms with E-state index in [0.29, 0.717) is 6.42 Å². The summed E-state index contributed by atoms with van der Waals surface area (Å²) >= 11 is 0. The normalized spacial score (nSPS) is 17.1. The molecule has 0 spiro atoms. The fourth-order valence-electron chi connectivity index (χ4n) is 2.06. The van der Waals surface area contributed by atoms with Gasteiger partial charge in [0.15, 0.2) is 0 Å². The maximum absolute atomic E-state index is 13.5. The van der Waals surface area contributed by atoms with Crippen LogP contribution in [0.15, 0.2) is 12.7 Å². The highest BCUT2D eigenvalue weighted by atomic mass is 19.1. The third kappa shape index (κ3) is 6.70. The first-order valence-electron chi connectivity index (χ1n) is 6.33. The molecule has 0 unspecified atom stereocenters. The zero-order valence-corrected chi connectivity index (χ0v) is 10.7. The van der Waals surface area contributed by atoms with E-state index in [4.69, 9.17) is 0 Å². The molecule has 0 aromatic rings. The first kappa shape index (κ1) is 14.7. The largest absolute Gasteiger partial charge is 0.247 e. The van der Waals surface area contributed by atoms with Crippen LogP contribution in [0.5, 0.6) is 0 Å². The molecule has 0 amide bonds. The van der Waals surface area contributed by atoms with Crippen molar-refractivity contribution in [3.8, 4) is 0 Å². The summed E-state index contributed by atoms with van der Waals surface area (Å²) in [6.07, 6.45) is 8.34. The van der Waals surface area contributed by atoms with Crippen molar-refractivity contribution in [3.63, 3.8) is 0 Å². The quantitative estimate of drug-likeness (QED) is 0.458. The molecule has 0 aromatic carbocycles. The van der Waals surface area contributed by atoms with Crippen LogP contribution < -0.4 is 0 Å². The molecule has 0 aromatic heterocycles. The van der Waals surface area contributed by atoms with Crippen LogP contribution in [-0.4, -0.2) is 6.17 Å². The van der Waals surface area contributed by atoms with Crippen molar-refractivity contribution >= 4 is 0 Å². The lowest BCUT2D eigenvalue weighted by Crippen LogP contribution is -2.21. The molecule has 0 N–H and O–H groups in total. The fourth-order valence-corrected chi connectivity index (χ4v) is 2.06. The molecule has 0 radical (unpaired) electrons. The maximum Gasteiger partial charge on any atom is 0.100 e. The van der Waals surface area contributed by atoms with Crippen LogP contribution in [-0.2, 0) is 0 Å². The summed E-state index contributed by atoms with van der Waals surface area (Å²) in [5, 5.41) is 0. The van der Waals surface area contributed by atoms with Gasteiger partial charge in [-0.1, -0.05) is 39.7 Å². The number of hydrogen-bond acceptors (Lipinski definition) is 0. The Morgan fingerprint density at radius 3 is 2.47 bits per heavy atom. The van der Waals surface area contributed by atoms with Crippen LogP contribution in [0.1, 0.15) is 65.7 Å². The van der Waals surface area contributed by atoms with E-state index in [1.807, 2.05) is 13.0 Å². The van der Waals surface area contributed by atoms with Gasteiger partial charge in [0.1, 0.15) is 6.17 Å². The second-order valence-electron chi connectivity index (χ2n) is 4.95. The van der Waals surface area contributed by atoms with Crippen molar-refractivity contribution in [2.24, 2.45) is 5.41 Å². The number of hydrogen-bond donors (Lipinski definition) is 0. The minimum absolute atomic E-state index is 0.180. The van der Waals surface area contributed by atoms with E-state index >= 15 is 0 Å². The Bertz CT molecular complexity index is 165. The highest BCUT2D eigenvalue weighted by molar-refractivity contribution is 4.81. The molecule has 0 rings (SSSR count). The number of allylic oxidation sites excluding steroid dienone is 1. The Morgan fingerprint density at radius 2 is 2.00 bits per heavy atom. The molecule has 0 fully saturated rings. The predicted octanol–water partition coefficient (Wildman–Crippen LogP) is 5.29. The van der Waals surface area contributed by atoms with Crippen molar-refractivity contribution in [3.05, 3.63) is 12.7 Å². The minimum Gasteiger partial charge on any atom is -0.247 e. The molecular weight excluding hydrogens is 187 g/mol. The minimum atomic E-state index is -0.628. The van der Waals surface area contributed by atoms with Gasteiger partial charge in [-0.25, -0.2) is 4.39 Å². The van der Waals surface area contributed by atoms with Crippen molar-refractivity contribution in [2.45, 2.75) is 71.9 Å². The topological polar surface area (TPSA) is 0 Å². The SMILES string of the molecule is C=CCC[C@@](C)(CCCC)C[C@@H](F)CC. The second-order valence-corrected chi connectivity index (χ2v) is 4.95. The summed E-state index contributed by atoms with van der Waals surface area (Å²) in [6.45, 7) is 10.1. The maximum atomic E-state index is 13.5. The molecule has 0 nitrogen and oxygen atoms in total. The molecule has 15 heavy (non-hydrogen) atoms. The van der Waals surface area contributed by atoms with Gasteiger partial charge in [-0.15, -0.1) is 6.58 Å². The number of rotatable bonds is 9. The van der Waals surface area contributed by atoms with Gasteiger partial charge in [-0.3, -0.25) is 0 Å². The molecule has 0 saturated carbocycles. The average Bonchev–Trinajstić information content (AvgIpc) is 2.23. The highest BCUT2D eigenvalue weighted by Gasteiger charge is 2.26. The predicted molar refractivity (Wildman–Crippen MR) is 66.9 cm³/mol. The van der Waals surface area contributed by atoms with E-state index in [-0.39, 0.29) is 5.41 Å². The van der Waals surface area contributed by atoms with Gasteiger partial charge in [0, 0.05) is 0 Å². The van der Waals surface area contributed by atoms with Gasteiger partial charge in [0.05, 0.1) is 0 Å². The van der Waals surface area contributed by atoms with Crippen LogP contribution in [0, 0.1) is 5.41 Å².